The molecule has 7 heteroatoms. The molecule has 3 rings (SSSR count). The van der Waals surface area contributed by atoms with Gasteiger partial charge in [-0.15, -0.1) is 0 Å². The lowest BCUT2D eigenvalue weighted by molar-refractivity contribution is 0.236. The average molecular weight is 394 g/mol. The molecule has 27 heavy (non-hydrogen) atoms. The van der Waals surface area contributed by atoms with Gasteiger partial charge in [0.15, 0.2) is 0 Å². The molecule has 1 saturated heterocycles. The summed E-state index contributed by atoms with van der Waals surface area (Å²) >= 11 is 5.79. The minimum Gasteiger partial charge on any atom is -0.371 e. The highest BCUT2D eigenvalue weighted by molar-refractivity contribution is 6.30. The molecule has 0 aromatic heterocycles. The summed E-state index contributed by atoms with van der Waals surface area (Å²) in [6.45, 7) is 4.06. The zero-order chi connectivity index (χ0) is 19.4. The van der Waals surface area contributed by atoms with Gasteiger partial charge in [-0.25, -0.2) is 13.6 Å². The summed E-state index contributed by atoms with van der Waals surface area (Å²) in [6.07, 6.45) is 0.959. The molecular formula is C20H22ClF2N3O. The molecule has 0 aliphatic carbocycles. The van der Waals surface area contributed by atoms with E-state index in [0.29, 0.717) is 12.5 Å². The van der Waals surface area contributed by atoms with Crippen molar-refractivity contribution in [3.63, 3.8) is 0 Å². The van der Waals surface area contributed by atoms with Gasteiger partial charge >= 0.3 is 6.03 Å². The largest absolute Gasteiger partial charge is 0.371 e. The number of urea groups is 1. The van der Waals surface area contributed by atoms with Crippen LogP contribution in [0.3, 0.4) is 0 Å². The van der Waals surface area contributed by atoms with E-state index in [1.54, 1.807) is 18.2 Å². The van der Waals surface area contributed by atoms with Crippen molar-refractivity contribution < 1.29 is 13.6 Å². The predicted octanol–water partition coefficient (Wildman–Crippen LogP) is 4.50. The van der Waals surface area contributed by atoms with Crippen molar-refractivity contribution in [3.8, 4) is 0 Å². The number of benzene rings is 2. The van der Waals surface area contributed by atoms with Crippen LogP contribution in [0, 0.1) is 17.6 Å². The Bertz CT molecular complexity index is 800. The van der Waals surface area contributed by atoms with E-state index in [4.69, 9.17) is 11.6 Å². The Morgan fingerprint density at radius 1 is 1.26 bits per heavy atom. The van der Waals surface area contributed by atoms with Gasteiger partial charge in [0.2, 0.25) is 0 Å². The van der Waals surface area contributed by atoms with Crippen molar-refractivity contribution in [2.24, 2.45) is 5.92 Å². The highest BCUT2D eigenvalue weighted by Gasteiger charge is 2.23. The number of hydrogen-bond donors (Lipinski definition) is 2. The molecule has 0 saturated carbocycles. The molecular weight excluding hydrogens is 372 g/mol. The third-order valence-corrected chi connectivity index (χ3v) is 5.11. The second-order valence-electron chi connectivity index (χ2n) is 6.83. The van der Waals surface area contributed by atoms with Crippen molar-refractivity contribution in [2.75, 3.05) is 24.5 Å². The van der Waals surface area contributed by atoms with Crippen LogP contribution < -0.4 is 15.5 Å². The van der Waals surface area contributed by atoms with Gasteiger partial charge < -0.3 is 15.5 Å². The smallest absolute Gasteiger partial charge is 0.315 e. The Morgan fingerprint density at radius 3 is 2.70 bits per heavy atom. The second-order valence-corrected chi connectivity index (χ2v) is 7.23. The fourth-order valence-corrected chi connectivity index (χ4v) is 3.42. The first-order valence-electron chi connectivity index (χ1n) is 8.92. The van der Waals surface area contributed by atoms with Crippen LogP contribution >= 0.6 is 11.6 Å². The van der Waals surface area contributed by atoms with Crippen LogP contribution in [-0.2, 0) is 0 Å². The standard InChI is InChI=1S/C20H22ClF2N3O/c1-13(15-2-7-19(23)18(21)10-15)25-20(27)24-11-14-8-9-26(12-14)17-5-3-16(22)4-6-17/h2-7,10,13-14H,8-9,11-12H2,1H3,(H2,24,25,27). The first-order chi connectivity index (χ1) is 12.9. The number of halogens is 3. The third-order valence-electron chi connectivity index (χ3n) is 4.82. The normalized spacial score (nSPS) is 17.6. The number of nitrogens with zero attached hydrogens (tertiary/aromatic N) is 1. The maximum absolute atomic E-state index is 13.2. The van der Waals surface area contributed by atoms with Crippen molar-refractivity contribution in [1.29, 1.82) is 0 Å². The number of amides is 2. The van der Waals surface area contributed by atoms with Gasteiger partial charge in [-0.05, 0) is 61.2 Å². The van der Waals surface area contributed by atoms with E-state index >= 15 is 0 Å². The van der Waals surface area contributed by atoms with Gasteiger partial charge in [-0.1, -0.05) is 17.7 Å². The van der Waals surface area contributed by atoms with E-state index in [0.717, 1.165) is 30.8 Å². The van der Waals surface area contributed by atoms with E-state index in [1.807, 2.05) is 6.92 Å². The van der Waals surface area contributed by atoms with Gasteiger partial charge in [0, 0.05) is 25.3 Å². The average Bonchev–Trinajstić information content (AvgIpc) is 3.12. The molecule has 0 spiro atoms. The van der Waals surface area contributed by atoms with Crippen LogP contribution in [0.15, 0.2) is 42.5 Å². The zero-order valence-electron chi connectivity index (χ0n) is 15.0. The topological polar surface area (TPSA) is 44.4 Å². The number of nitrogens with one attached hydrogen (secondary N) is 2. The fraction of sp³-hybridized carbons (Fsp3) is 0.350. The van der Waals surface area contributed by atoms with E-state index in [1.165, 1.54) is 24.3 Å². The minimum absolute atomic E-state index is 0.0356. The Labute approximate surface area is 162 Å². The molecule has 2 aromatic carbocycles. The van der Waals surface area contributed by atoms with Crippen molar-refractivity contribution in [1.82, 2.24) is 10.6 Å². The quantitative estimate of drug-likeness (QED) is 0.785. The van der Waals surface area contributed by atoms with Crippen LogP contribution in [-0.4, -0.2) is 25.7 Å². The molecule has 1 fully saturated rings. The van der Waals surface area contributed by atoms with Crippen LogP contribution in [0.25, 0.3) is 0 Å². The third kappa shape index (κ3) is 5.10. The summed E-state index contributed by atoms with van der Waals surface area (Å²) in [6, 6.07) is 10.3. The van der Waals surface area contributed by atoms with E-state index in [-0.39, 0.29) is 22.9 Å². The van der Waals surface area contributed by atoms with Crippen molar-refractivity contribution in [2.45, 2.75) is 19.4 Å². The summed E-state index contributed by atoms with van der Waals surface area (Å²) in [7, 11) is 0. The first-order valence-corrected chi connectivity index (χ1v) is 9.30. The molecule has 2 unspecified atom stereocenters. The summed E-state index contributed by atoms with van der Waals surface area (Å²) in [5.41, 5.74) is 1.73. The van der Waals surface area contributed by atoms with Crippen molar-refractivity contribution >= 4 is 23.3 Å². The zero-order valence-corrected chi connectivity index (χ0v) is 15.8. The Balaban J connectivity index is 1.45. The lowest BCUT2D eigenvalue weighted by Gasteiger charge is -2.19. The minimum atomic E-state index is -0.482. The summed E-state index contributed by atoms with van der Waals surface area (Å²) < 4.78 is 26.3. The lowest BCUT2D eigenvalue weighted by Crippen LogP contribution is -2.40. The molecule has 4 nitrogen and oxygen atoms in total. The van der Waals surface area contributed by atoms with Gasteiger partial charge in [-0.2, -0.15) is 0 Å². The van der Waals surface area contributed by atoms with Crippen LogP contribution in [0.2, 0.25) is 5.02 Å². The monoisotopic (exact) mass is 393 g/mol. The van der Waals surface area contributed by atoms with Gasteiger partial charge in [-0.3, -0.25) is 0 Å². The van der Waals surface area contributed by atoms with Crippen LogP contribution in [0.1, 0.15) is 24.9 Å². The van der Waals surface area contributed by atoms with E-state index < -0.39 is 5.82 Å². The second kappa shape index (κ2) is 8.57. The van der Waals surface area contributed by atoms with Gasteiger partial charge in [0.1, 0.15) is 11.6 Å². The highest BCUT2D eigenvalue weighted by Crippen LogP contribution is 2.24. The Kier molecular flexibility index (Phi) is 6.16. The molecule has 1 aliphatic heterocycles. The maximum atomic E-state index is 13.2. The Morgan fingerprint density at radius 2 is 2.00 bits per heavy atom. The van der Waals surface area contributed by atoms with E-state index in [2.05, 4.69) is 15.5 Å². The fourth-order valence-electron chi connectivity index (χ4n) is 3.24. The van der Waals surface area contributed by atoms with Gasteiger partial charge in [0.05, 0.1) is 11.1 Å². The van der Waals surface area contributed by atoms with E-state index in [9.17, 15) is 13.6 Å². The molecule has 2 atom stereocenters. The summed E-state index contributed by atoms with van der Waals surface area (Å²) in [5.74, 6) is -0.398. The Hall–Kier alpha value is -2.34. The molecule has 2 amide bonds. The molecule has 2 N–H and O–H groups in total. The van der Waals surface area contributed by atoms with Crippen LogP contribution in [0.4, 0.5) is 19.3 Å². The predicted molar refractivity (Wildman–Crippen MR) is 103 cm³/mol. The molecule has 144 valence electrons. The molecule has 2 aromatic rings. The number of carbonyl (C=O) groups excluding carboxylic acids is 1. The molecule has 1 heterocycles. The molecule has 1 aliphatic rings. The molecule has 0 radical (unpaired) electrons. The first kappa shape index (κ1) is 19.4. The number of anilines is 1. The highest BCUT2D eigenvalue weighted by atomic mass is 35.5. The summed E-state index contributed by atoms with van der Waals surface area (Å²) in [5, 5.41) is 5.75. The number of hydrogen-bond acceptors (Lipinski definition) is 2. The molecule has 0 bridgehead atoms. The maximum Gasteiger partial charge on any atom is 0.315 e. The van der Waals surface area contributed by atoms with Gasteiger partial charge in [0.25, 0.3) is 0 Å². The van der Waals surface area contributed by atoms with Crippen LogP contribution in [0.5, 0.6) is 0 Å². The number of carbonyl (C=O) groups is 1. The number of rotatable bonds is 5. The summed E-state index contributed by atoms with van der Waals surface area (Å²) in [4.78, 5) is 14.3. The lowest BCUT2D eigenvalue weighted by atomic mass is 10.1. The SMILES string of the molecule is CC(NC(=O)NCC1CCN(c2ccc(F)cc2)C1)c1ccc(F)c(Cl)c1. The van der Waals surface area contributed by atoms with Crippen molar-refractivity contribution in [3.05, 3.63) is 64.7 Å².